The van der Waals surface area contributed by atoms with E-state index in [9.17, 15) is 4.79 Å². The number of hydrogen-bond donors (Lipinski definition) is 1. The zero-order chi connectivity index (χ0) is 15.2. The van der Waals surface area contributed by atoms with Crippen LogP contribution in [0.2, 0.25) is 0 Å². The van der Waals surface area contributed by atoms with Crippen molar-refractivity contribution in [1.29, 1.82) is 0 Å². The summed E-state index contributed by atoms with van der Waals surface area (Å²) >= 11 is 2.93. The van der Waals surface area contributed by atoms with Gasteiger partial charge in [-0.3, -0.25) is 4.79 Å². The van der Waals surface area contributed by atoms with Crippen LogP contribution in [0, 0.1) is 0 Å². The Morgan fingerprint density at radius 2 is 2.05 bits per heavy atom. The Morgan fingerprint density at radius 3 is 2.82 bits per heavy atom. The summed E-state index contributed by atoms with van der Waals surface area (Å²) in [4.78, 5) is 12.8. The molecule has 0 spiro atoms. The summed E-state index contributed by atoms with van der Waals surface area (Å²) in [5.41, 5.74) is 0.801. The first-order chi connectivity index (χ1) is 10.8. The molecule has 2 aromatic heterocycles. The van der Waals surface area contributed by atoms with Crippen LogP contribution in [0.4, 0.5) is 5.69 Å². The minimum Gasteiger partial charge on any atom is -0.410 e. The van der Waals surface area contributed by atoms with Crippen LogP contribution in [-0.2, 0) is 4.79 Å². The Labute approximate surface area is 135 Å². The molecule has 7 heteroatoms. The van der Waals surface area contributed by atoms with Gasteiger partial charge in [0.15, 0.2) is 0 Å². The molecule has 0 fully saturated rings. The fourth-order valence-corrected chi connectivity index (χ4v) is 3.09. The highest BCUT2D eigenvalue weighted by molar-refractivity contribution is 7.99. The van der Waals surface area contributed by atoms with Gasteiger partial charge in [-0.2, -0.15) is 0 Å². The second kappa shape index (κ2) is 7.24. The predicted molar refractivity (Wildman–Crippen MR) is 88.0 cm³/mol. The molecule has 0 unspecified atom stereocenters. The van der Waals surface area contributed by atoms with Crippen LogP contribution in [0.1, 0.15) is 6.42 Å². The van der Waals surface area contributed by atoms with Gasteiger partial charge in [0.1, 0.15) is 0 Å². The normalized spacial score (nSPS) is 10.5. The first-order valence-electron chi connectivity index (χ1n) is 6.66. The van der Waals surface area contributed by atoms with Gasteiger partial charge in [-0.1, -0.05) is 36.0 Å². The number of thioether (sulfide) groups is 1. The smallest absolute Gasteiger partial charge is 0.276 e. The number of carbonyl (C=O) groups is 1. The summed E-state index contributed by atoms with van der Waals surface area (Å²) < 4.78 is 5.55. The number of para-hydroxylation sites is 1. The summed E-state index contributed by atoms with van der Waals surface area (Å²) in [5.74, 6) is 1.08. The van der Waals surface area contributed by atoms with Crippen LogP contribution in [0.15, 0.2) is 57.5 Å². The number of rotatable bonds is 6. The molecule has 0 aliphatic rings. The molecule has 3 aromatic rings. The minimum absolute atomic E-state index is 0.0308. The van der Waals surface area contributed by atoms with Gasteiger partial charge in [-0.15, -0.1) is 21.5 Å². The van der Waals surface area contributed by atoms with E-state index >= 15 is 0 Å². The minimum atomic E-state index is -0.0308. The molecule has 112 valence electrons. The molecule has 1 aromatic carbocycles. The Bertz CT molecular complexity index is 726. The topological polar surface area (TPSA) is 68.0 Å². The SMILES string of the molecule is O=C(CCSc1nnc(-c2cccs2)o1)Nc1ccccc1. The van der Waals surface area contributed by atoms with Crippen LogP contribution in [-0.4, -0.2) is 21.9 Å². The van der Waals surface area contributed by atoms with Gasteiger partial charge >= 0.3 is 0 Å². The highest BCUT2D eigenvalue weighted by atomic mass is 32.2. The van der Waals surface area contributed by atoms with Crippen LogP contribution in [0.25, 0.3) is 10.8 Å². The van der Waals surface area contributed by atoms with Gasteiger partial charge in [0.05, 0.1) is 4.88 Å². The second-order valence-corrected chi connectivity index (χ2v) is 6.36. The monoisotopic (exact) mass is 331 g/mol. The lowest BCUT2D eigenvalue weighted by Gasteiger charge is -2.03. The van der Waals surface area contributed by atoms with Crippen molar-refractivity contribution in [1.82, 2.24) is 10.2 Å². The van der Waals surface area contributed by atoms with E-state index < -0.39 is 0 Å². The van der Waals surface area contributed by atoms with E-state index in [1.807, 2.05) is 47.8 Å². The van der Waals surface area contributed by atoms with E-state index in [0.717, 1.165) is 10.6 Å². The lowest BCUT2D eigenvalue weighted by molar-refractivity contribution is -0.115. The summed E-state index contributed by atoms with van der Waals surface area (Å²) in [6.45, 7) is 0. The summed E-state index contributed by atoms with van der Waals surface area (Å²) in [6.07, 6.45) is 0.385. The number of thiophene rings is 1. The third-order valence-electron chi connectivity index (χ3n) is 2.75. The molecule has 5 nitrogen and oxygen atoms in total. The number of amides is 1. The summed E-state index contributed by atoms with van der Waals surface area (Å²) in [6, 6.07) is 13.3. The Morgan fingerprint density at radius 1 is 1.18 bits per heavy atom. The third kappa shape index (κ3) is 3.96. The standard InChI is InChI=1S/C15H13N3O2S2/c19-13(16-11-5-2-1-3-6-11)8-10-22-15-18-17-14(20-15)12-7-4-9-21-12/h1-7,9H,8,10H2,(H,16,19). The summed E-state index contributed by atoms with van der Waals surface area (Å²) in [5, 5.41) is 13.3. The Balaban J connectivity index is 1.46. The van der Waals surface area contributed by atoms with Crippen LogP contribution >= 0.6 is 23.1 Å². The molecule has 0 atom stereocenters. The average molecular weight is 331 g/mol. The van der Waals surface area contributed by atoms with Crippen molar-refractivity contribution in [2.24, 2.45) is 0 Å². The molecule has 0 bridgehead atoms. The van der Waals surface area contributed by atoms with Gasteiger partial charge in [-0.25, -0.2) is 0 Å². The van der Waals surface area contributed by atoms with Gasteiger partial charge in [0, 0.05) is 17.9 Å². The number of nitrogens with zero attached hydrogens (tertiary/aromatic N) is 2. The van der Waals surface area contributed by atoms with Crippen molar-refractivity contribution >= 4 is 34.7 Å². The van der Waals surface area contributed by atoms with Gasteiger partial charge in [0.2, 0.25) is 5.91 Å². The first-order valence-corrected chi connectivity index (χ1v) is 8.53. The molecule has 0 saturated heterocycles. The molecule has 1 amide bonds. The summed E-state index contributed by atoms with van der Waals surface area (Å²) in [7, 11) is 0. The maximum absolute atomic E-state index is 11.8. The zero-order valence-electron chi connectivity index (χ0n) is 11.6. The number of nitrogens with one attached hydrogen (secondary N) is 1. The Hall–Kier alpha value is -2.12. The predicted octanol–water partition coefficient (Wildman–Crippen LogP) is 3.92. The number of carbonyl (C=O) groups excluding carboxylic acids is 1. The number of anilines is 1. The van der Waals surface area contributed by atoms with Crippen LogP contribution in [0.5, 0.6) is 0 Å². The van der Waals surface area contributed by atoms with E-state index in [0.29, 0.717) is 23.3 Å². The van der Waals surface area contributed by atoms with Crippen LogP contribution < -0.4 is 5.32 Å². The van der Waals surface area contributed by atoms with Crippen molar-refractivity contribution < 1.29 is 9.21 Å². The number of benzene rings is 1. The van der Waals surface area contributed by atoms with E-state index in [-0.39, 0.29) is 5.91 Å². The largest absolute Gasteiger partial charge is 0.410 e. The van der Waals surface area contributed by atoms with E-state index in [4.69, 9.17) is 4.42 Å². The second-order valence-electron chi connectivity index (χ2n) is 4.36. The van der Waals surface area contributed by atoms with Crippen molar-refractivity contribution in [2.75, 3.05) is 11.1 Å². The van der Waals surface area contributed by atoms with Crippen molar-refractivity contribution in [2.45, 2.75) is 11.6 Å². The Kier molecular flexibility index (Phi) is 4.87. The van der Waals surface area contributed by atoms with Crippen LogP contribution in [0.3, 0.4) is 0 Å². The highest BCUT2D eigenvalue weighted by Gasteiger charge is 2.10. The third-order valence-corrected chi connectivity index (χ3v) is 4.43. The maximum Gasteiger partial charge on any atom is 0.276 e. The van der Waals surface area contributed by atoms with Crippen molar-refractivity contribution in [3.63, 3.8) is 0 Å². The van der Waals surface area contributed by atoms with Crippen molar-refractivity contribution in [3.8, 4) is 10.8 Å². The highest BCUT2D eigenvalue weighted by Crippen LogP contribution is 2.26. The fraction of sp³-hybridized carbons (Fsp3) is 0.133. The first kappa shape index (κ1) is 14.8. The molecule has 1 N–H and O–H groups in total. The molecule has 2 heterocycles. The average Bonchev–Trinajstić information content (AvgIpc) is 3.19. The van der Waals surface area contributed by atoms with Gasteiger partial charge < -0.3 is 9.73 Å². The zero-order valence-corrected chi connectivity index (χ0v) is 13.2. The molecule has 0 aliphatic heterocycles. The number of aromatic nitrogens is 2. The molecular weight excluding hydrogens is 318 g/mol. The van der Waals surface area contributed by atoms with E-state index in [2.05, 4.69) is 15.5 Å². The quantitative estimate of drug-likeness (QED) is 0.693. The molecular formula is C15H13N3O2S2. The molecule has 0 radical (unpaired) electrons. The number of hydrogen-bond acceptors (Lipinski definition) is 6. The lowest BCUT2D eigenvalue weighted by atomic mass is 10.3. The van der Waals surface area contributed by atoms with Gasteiger partial charge in [0.25, 0.3) is 11.1 Å². The lowest BCUT2D eigenvalue weighted by Crippen LogP contribution is -2.11. The van der Waals surface area contributed by atoms with E-state index in [1.54, 1.807) is 11.3 Å². The van der Waals surface area contributed by atoms with E-state index in [1.165, 1.54) is 11.8 Å². The molecule has 0 aliphatic carbocycles. The maximum atomic E-state index is 11.8. The fourth-order valence-electron chi connectivity index (χ4n) is 1.74. The van der Waals surface area contributed by atoms with Crippen molar-refractivity contribution in [3.05, 3.63) is 47.8 Å². The molecule has 22 heavy (non-hydrogen) atoms. The molecule has 0 saturated carbocycles. The van der Waals surface area contributed by atoms with Gasteiger partial charge in [-0.05, 0) is 23.6 Å². The molecule has 3 rings (SSSR count).